The maximum Gasteiger partial charge on any atom is 0.326 e. The lowest BCUT2D eigenvalue weighted by molar-refractivity contribution is -0.148. The largest absolute Gasteiger partial charge is 0.480 e. The van der Waals surface area contributed by atoms with Crippen LogP contribution in [0.1, 0.15) is 32.3 Å². The van der Waals surface area contributed by atoms with Gasteiger partial charge in [0.25, 0.3) is 0 Å². The van der Waals surface area contributed by atoms with Crippen molar-refractivity contribution in [3.63, 3.8) is 0 Å². The highest BCUT2D eigenvalue weighted by molar-refractivity contribution is 5.89. The fraction of sp³-hybridized carbons (Fsp3) is 0.526. The third-order valence-corrected chi connectivity index (χ3v) is 4.69. The fourth-order valence-electron chi connectivity index (χ4n) is 3.09. The van der Waals surface area contributed by atoms with Crippen LogP contribution in [-0.4, -0.2) is 58.0 Å². The molecule has 8 heteroatoms. The van der Waals surface area contributed by atoms with Gasteiger partial charge < -0.3 is 26.8 Å². The first-order valence-corrected chi connectivity index (χ1v) is 9.02. The highest BCUT2D eigenvalue weighted by Crippen LogP contribution is 2.20. The number of likely N-dealkylation sites (tertiary alicyclic amines) is 1. The number of carboxylic acid groups (broad SMARTS) is 1. The Bertz CT molecular complexity index is 687. The van der Waals surface area contributed by atoms with Gasteiger partial charge in [-0.05, 0) is 32.3 Å². The van der Waals surface area contributed by atoms with Crippen molar-refractivity contribution in [3.8, 4) is 0 Å². The number of carboxylic acids is 1. The van der Waals surface area contributed by atoms with Crippen molar-refractivity contribution in [2.75, 3.05) is 6.54 Å². The van der Waals surface area contributed by atoms with E-state index in [2.05, 4.69) is 5.32 Å². The monoisotopic (exact) mass is 376 g/mol. The molecule has 27 heavy (non-hydrogen) atoms. The van der Waals surface area contributed by atoms with Gasteiger partial charge in [-0.3, -0.25) is 9.59 Å². The minimum atomic E-state index is -1.11. The van der Waals surface area contributed by atoms with Gasteiger partial charge in [-0.25, -0.2) is 4.79 Å². The molecule has 6 N–H and O–H groups in total. The van der Waals surface area contributed by atoms with Gasteiger partial charge in [0.2, 0.25) is 11.8 Å². The molecule has 1 aromatic rings. The average Bonchev–Trinajstić information content (AvgIpc) is 3.03. The molecular weight excluding hydrogens is 348 g/mol. The predicted octanol–water partition coefficient (Wildman–Crippen LogP) is -0.146. The second-order valence-electron chi connectivity index (χ2n) is 7.60. The number of hydrogen-bond donors (Lipinski definition) is 4. The molecule has 3 atom stereocenters. The number of benzene rings is 1. The Labute approximate surface area is 158 Å². The highest BCUT2D eigenvalue weighted by atomic mass is 16.4. The smallest absolute Gasteiger partial charge is 0.326 e. The number of nitrogens with zero attached hydrogens (tertiary/aromatic N) is 1. The molecule has 0 aromatic heterocycles. The van der Waals surface area contributed by atoms with Crippen LogP contribution >= 0.6 is 0 Å². The van der Waals surface area contributed by atoms with Gasteiger partial charge in [-0.1, -0.05) is 30.3 Å². The van der Waals surface area contributed by atoms with Crippen LogP contribution in [0.4, 0.5) is 0 Å². The summed E-state index contributed by atoms with van der Waals surface area (Å²) in [5.74, 6) is -1.91. The summed E-state index contributed by atoms with van der Waals surface area (Å²) in [6.45, 7) is 3.24. The van der Waals surface area contributed by atoms with Crippen LogP contribution in [0.2, 0.25) is 0 Å². The summed E-state index contributed by atoms with van der Waals surface area (Å²) in [4.78, 5) is 37.6. The quantitative estimate of drug-likeness (QED) is 0.522. The summed E-state index contributed by atoms with van der Waals surface area (Å²) in [6.07, 6.45) is 1.17. The molecule has 0 aliphatic carbocycles. The van der Waals surface area contributed by atoms with E-state index in [0.717, 1.165) is 5.56 Å². The summed E-state index contributed by atoms with van der Waals surface area (Å²) < 4.78 is 0. The summed E-state index contributed by atoms with van der Waals surface area (Å²) >= 11 is 0. The Balaban J connectivity index is 1.99. The summed E-state index contributed by atoms with van der Waals surface area (Å²) in [5.41, 5.74) is 11.8. The minimum absolute atomic E-state index is 0.108. The first-order chi connectivity index (χ1) is 12.6. The van der Waals surface area contributed by atoms with Gasteiger partial charge in [0.1, 0.15) is 6.04 Å². The van der Waals surface area contributed by atoms with Crippen LogP contribution in [0.15, 0.2) is 30.3 Å². The summed E-state index contributed by atoms with van der Waals surface area (Å²) in [7, 11) is 0. The number of amides is 2. The molecule has 1 saturated heterocycles. The molecular formula is C19H28N4O4. The number of nitrogens with two attached hydrogens (primary N) is 2. The highest BCUT2D eigenvalue weighted by Gasteiger charge is 2.42. The molecule has 8 nitrogen and oxygen atoms in total. The van der Waals surface area contributed by atoms with Gasteiger partial charge in [0.05, 0.1) is 11.6 Å². The third-order valence-electron chi connectivity index (χ3n) is 4.69. The molecule has 0 radical (unpaired) electrons. The zero-order valence-electron chi connectivity index (χ0n) is 15.7. The van der Waals surface area contributed by atoms with E-state index in [9.17, 15) is 19.5 Å². The molecule has 1 fully saturated rings. The number of nitrogens with one attached hydrogen (secondary N) is 1. The van der Waals surface area contributed by atoms with Crippen molar-refractivity contribution in [1.29, 1.82) is 0 Å². The number of hydrogen-bond acceptors (Lipinski definition) is 5. The molecule has 2 rings (SSSR count). The molecule has 1 aliphatic heterocycles. The Morgan fingerprint density at radius 2 is 1.93 bits per heavy atom. The molecule has 0 unspecified atom stereocenters. The van der Waals surface area contributed by atoms with Gasteiger partial charge in [-0.2, -0.15) is 0 Å². The second kappa shape index (κ2) is 8.49. The lowest BCUT2D eigenvalue weighted by Crippen LogP contribution is -2.53. The average molecular weight is 376 g/mol. The van der Waals surface area contributed by atoms with Crippen LogP contribution in [0.3, 0.4) is 0 Å². The zero-order valence-corrected chi connectivity index (χ0v) is 15.7. The third kappa shape index (κ3) is 5.51. The topological polar surface area (TPSA) is 139 Å². The van der Waals surface area contributed by atoms with E-state index in [1.165, 1.54) is 4.90 Å². The molecule has 0 spiro atoms. The number of aliphatic carboxylic acids is 1. The molecule has 1 aliphatic rings. The molecule has 0 saturated carbocycles. The van der Waals surface area contributed by atoms with Crippen molar-refractivity contribution in [1.82, 2.24) is 10.2 Å². The minimum Gasteiger partial charge on any atom is -0.480 e. The second-order valence-corrected chi connectivity index (χ2v) is 7.60. The van der Waals surface area contributed by atoms with Crippen molar-refractivity contribution in [2.24, 2.45) is 11.5 Å². The van der Waals surface area contributed by atoms with Gasteiger partial charge in [0.15, 0.2) is 0 Å². The number of carbonyl (C=O) groups excluding carboxylic acids is 2. The maximum absolute atomic E-state index is 12.7. The van der Waals surface area contributed by atoms with Crippen LogP contribution in [0.5, 0.6) is 0 Å². The molecule has 1 heterocycles. The fourth-order valence-corrected chi connectivity index (χ4v) is 3.09. The number of rotatable bonds is 7. The standard InChI is InChI=1S/C19H28N4O4/c1-19(2,21)18(27)22-13-10-15(17(25)26)23(11-13)16(24)14(20)9-8-12-6-4-3-5-7-12/h3-7,13-15H,8-11,20-21H2,1-2H3,(H,22,27)(H,25,26)/t13-,14+,15+/m1/s1. The lowest BCUT2D eigenvalue weighted by atomic mass is 10.0. The van der Waals surface area contributed by atoms with Gasteiger partial charge in [-0.15, -0.1) is 0 Å². The van der Waals surface area contributed by atoms with Crippen molar-refractivity contribution >= 4 is 17.8 Å². The Hall–Kier alpha value is -2.45. The van der Waals surface area contributed by atoms with E-state index in [1.807, 2.05) is 30.3 Å². The van der Waals surface area contributed by atoms with E-state index >= 15 is 0 Å². The Kier molecular flexibility index (Phi) is 6.56. The molecule has 1 aromatic carbocycles. The van der Waals surface area contributed by atoms with Gasteiger partial charge in [0, 0.05) is 19.0 Å². The SMILES string of the molecule is CC(C)(N)C(=O)N[C@@H]1C[C@@H](C(=O)O)N(C(=O)[C@@H](N)CCc2ccccc2)C1. The molecule has 0 bridgehead atoms. The van der Waals surface area contributed by atoms with Crippen LogP contribution in [0, 0.1) is 0 Å². The van der Waals surface area contributed by atoms with E-state index in [4.69, 9.17) is 11.5 Å². The van der Waals surface area contributed by atoms with E-state index in [-0.39, 0.29) is 18.9 Å². The summed E-state index contributed by atoms with van der Waals surface area (Å²) in [6, 6.07) is 7.37. The van der Waals surface area contributed by atoms with Crippen LogP contribution < -0.4 is 16.8 Å². The van der Waals surface area contributed by atoms with Gasteiger partial charge >= 0.3 is 5.97 Å². The predicted molar refractivity (Wildman–Crippen MR) is 101 cm³/mol. The Morgan fingerprint density at radius 1 is 1.30 bits per heavy atom. The van der Waals surface area contributed by atoms with E-state index < -0.39 is 35.5 Å². The Morgan fingerprint density at radius 3 is 2.48 bits per heavy atom. The molecule has 148 valence electrons. The lowest BCUT2D eigenvalue weighted by Gasteiger charge is -2.25. The zero-order chi connectivity index (χ0) is 20.2. The van der Waals surface area contributed by atoms with Crippen LogP contribution in [0.25, 0.3) is 0 Å². The maximum atomic E-state index is 12.7. The number of carbonyl (C=O) groups is 3. The first kappa shape index (κ1) is 20.9. The van der Waals surface area contributed by atoms with E-state index in [1.54, 1.807) is 13.8 Å². The molecule has 2 amide bonds. The summed E-state index contributed by atoms with van der Waals surface area (Å²) in [5, 5.41) is 12.2. The first-order valence-electron chi connectivity index (χ1n) is 9.02. The normalized spacial score (nSPS) is 21.0. The van der Waals surface area contributed by atoms with E-state index in [0.29, 0.717) is 12.8 Å². The van der Waals surface area contributed by atoms with Crippen molar-refractivity contribution in [2.45, 2.75) is 56.8 Å². The van der Waals surface area contributed by atoms with Crippen molar-refractivity contribution < 1.29 is 19.5 Å². The van der Waals surface area contributed by atoms with Crippen molar-refractivity contribution in [3.05, 3.63) is 35.9 Å². The van der Waals surface area contributed by atoms with Crippen LogP contribution in [-0.2, 0) is 20.8 Å². The number of aryl methyl sites for hydroxylation is 1.